The van der Waals surface area contributed by atoms with Crippen molar-refractivity contribution in [2.24, 2.45) is 0 Å². The third-order valence-electron chi connectivity index (χ3n) is 4.24. The molecule has 2 aromatic carbocycles. The van der Waals surface area contributed by atoms with Crippen LogP contribution in [0, 0.1) is 0 Å². The molecule has 0 unspecified atom stereocenters. The van der Waals surface area contributed by atoms with Gasteiger partial charge in [0.05, 0.1) is 22.9 Å². The lowest BCUT2D eigenvalue weighted by atomic mass is 10.2. The van der Waals surface area contributed by atoms with Crippen molar-refractivity contribution in [2.75, 3.05) is 0 Å². The minimum absolute atomic E-state index is 0.0674. The van der Waals surface area contributed by atoms with E-state index in [9.17, 15) is 9.59 Å². The Balaban J connectivity index is 1.40. The van der Waals surface area contributed by atoms with Gasteiger partial charge in [0.15, 0.2) is 0 Å². The number of fused-ring (bicyclic) bond motifs is 1. The van der Waals surface area contributed by atoms with Crippen LogP contribution in [-0.2, 0) is 17.9 Å². The van der Waals surface area contributed by atoms with Gasteiger partial charge in [-0.25, -0.2) is 9.67 Å². The number of hydrogen-bond donors (Lipinski definition) is 1. The van der Waals surface area contributed by atoms with Crippen LogP contribution in [0.15, 0.2) is 78.1 Å². The Bertz CT molecular complexity index is 1130. The topological polar surface area (TPSA) is 81.8 Å². The van der Waals surface area contributed by atoms with E-state index in [1.165, 1.54) is 10.9 Å². The standard InChI is InChI=1S/C20H17N5O2/c26-19(13-24-14-22-18-5-2-1-4-17(18)20(24)27)21-12-15-6-8-16(9-7-15)25-11-3-10-23-25/h1-11,14H,12-13H2,(H,21,26). The van der Waals surface area contributed by atoms with Crippen molar-refractivity contribution < 1.29 is 4.79 Å². The quantitative estimate of drug-likeness (QED) is 0.590. The Kier molecular flexibility index (Phi) is 4.49. The minimum atomic E-state index is -0.245. The third kappa shape index (κ3) is 3.62. The number of nitrogens with one attached hydrogen (secondary N) is 1. The number of carbonyl (C=O) groups is 1. The van der Waals surface area contributed by atoms with Gasteiger partial charge in [-0.3, -0.25) is 14.2 Å². The summed E-state index contributed by atoms with van der Waals surface area (Å²) in [5.74, 6) is -0.245. The summed E-state index contributed by atoms with van der Waals surface area (Å²) in [5, 5.41) is 7.51. The molecule has 0 spiro atoms. The summed E-state index contributed by atoms with van der Waals surface area (Å²) in [4.78, 5) is 28.9. The van der Waals surface area contributed by atoms with E-state index in [0.717, 1.165) is 11.3 Å². The van der Waals surface area contributed by atoms with Crippen LogP contribution in [0.2, 0.25) is 0 Å². The van der Waals surface area contributed by atoms with Gasteiger partial charge in [0.2, 0.25) is 5.91 Å². The number of rotatable bonds is 5. The molecule has 0 aliphatic heterocycles. The molecule has 1 amide bonds. The molecule has 134 valence electrons. The first-order valence-corrected chi connectivity index (χ1v) is 8.50. The van der Waals surface area contributed by atoms with Crippen molar-refractivity contribution in [1.82, 2.24) is 24.6 Å². The smallest absolute Gasteiger partial charge is 0.261 e. The molecule has 0 radical (unpaired) electrons. The summed E-state index contributed by atoms with van der Waals surface area (Å²) in [6.07, 6.45) is 4.99. The second-order valence-electron chi connectivity index (χ2n) is 6.09. The fourth-order valence-corrected chi connectivity index (χ4v) is 2.82. The zero-order valence-electron chi connectivity index (χ0n) is 14.4. The maximum atomic E-state index is 12.4. The summed E-state index contributed by atoms with van der Waals surface area (Å²) < 4.78 is 3.08. The van der Waals surface area contributed by atoms with Gasteiger partial charge in [0.1, 0.15) is 6.54 Å². The second kappa shape index (κ2) is 7.25. The summed E-state index contributed by atoms with van der Waals surface area (Å²) in [6.45, 7) is 0.315. The van der Waals surface area contributed by atoms with Gasteiger partial charge >= 0.3 is 0 Å². The van der Waals surface area contributed by atoms with Gasteiger partial charge < -0.3 is 5.32 Å². The van der Waals surface area contributed by atoms with Crippen molar-refractivity contribution in [3.05, 3.63) is 89.2 Å². The first-order chi connectivity index (χ1) is 13.2. The van der Waals surface area contributed by atoms with E-state index in [1.54, 1.807) is 29.1 Å². The van der Waals surface area contributed by atoms with E-state index >= 15 is 0 Å². The molecule has 0 bridgehead atoms. The predicted octanol–water partition coefficient (Wildman–Crippen LogP) is 1.90. The van der Waals surface area contributed by atoms with Crippen molar-refractivity contribution in [3.8, 4) is 5.69 Å². The molecule has 0 saturated heterocycles. The molecule has 0 aliphatic carbocycles. The highest BCUT2D eigenvalue weighted by molar-refractivity contribution is 5.78. The van der Waals surface area contributed by atoms with E-state index in [1.807, 2.05) is 42.6 Å². The van der Waals surface area contributed by atoms with Gasteiger partial charge in [-0.2, -0.15) is 5.10 Å². The van der Waals surface area contributed by atoms with Gasteiger partial charge in [-0.05, 0) is 35.9 Å². The van der Waals surface area contributed by atoms with Gasteiger partial charge in [0.25, 0.3) is 5.56 Å². The third-order valence-corrected chi connectivity index (χ3v) is 4.24. The maximum Gasteiger partial charge on any atom is 0.261 e. The number of amides is 1. The van der Waals surface area contributed by atoms with Gasteiger partial charge in [0, 0.05) is 18.9 Å². The van der Waals surface area contributed by atoms with Crippen LogP contribution in [0.5, 0.6) is 0 Å². The van der Waals surface area contributed by atoms with Gasteiger partial charge in [-0.1, -0.05) is 24.3 Å². The highest BCUT2D eigenvalue weighted by Gasteiger charge is 2.08. The fourth-order valence-electron chi connectivity index (χ4n) is 2.82. The number of para-hydroxylation sites is 1. The summed E-state index contributed by atoms with van der Waals surface area (Å²) >= 11 is 0. The van der Waals surface area contributed by atoms with Crippen LogP contribution in [-0.4, -0.2) is 25.2 Å². The highest BCUT2D eigenvalue weighted by Crippen LogP contribution is 2.08. The Hall–Kier alpha value is -3.74. The van der Waals surface area contributed by atoms with Crippen LogP contribution in [0.1, 0.15) is 5.56 Å². The average molecular weight is 359 g/mol. The molecule has 7 heteroatoms. The summed E-state index contributed by atoms with van der Waals surface area (Å²) in [7, 11) is 0. The Labute approximate surface area is 154 Å². The average Bonchev–Trinajstić information content (AvgIpc) is 3.24. The van der Waals surface area contributed by atoms with Crippen molar-refractivity contribution in [3.63, 3.8) is 0 Å². The van der Waals surface area contributed by atoms with Crippen LogP contribution in [0.3, 0.4) is 0 Å². The first-order valence-electron chi connectivity index (χ1n) is 8.50. The van der Waals surface area contributed by atoms with Crippen molar-refractivity contribution >= 4 is 16.8 Å². The van der Waals surface area contributed by atoms with Crippen molar-refractivity contribution in [1.29, 1.82) is 0 Å². The molecule has 0 saturated carbocycles. The maximum absolute atomic E-state index is 12.4. The van der Waals surface area contributed by atoms with E-state index < -0.39 is 0 Å². The second-order valence-corrected chi connectivity index (χ2v) is 6.09. The summed E-state index contributed by atoms with van der Waals surface area (Å²) in [6, 6.07) is 16.7. The van der Waals surface area contributed by atoms with E-state index in [2.05, 4.69) is 15.4 Å². The predicted molar refractivity (Wildman–Crippen MR) is 101 cm³/mol. The monoisotopic (exact) mass is 359 g/mol. The lowest BCUT2D eigenvalue weighted by molar-refractivity contribution is -0.121. The minimum Gasteiger partial charge on any atom is -0.350 e. The Morgan fingerprint density at radius 1 is 1.04 bits per heavy atom. The molecule has 7 nitrogen and oxygen atoms in total. The van der Waals surface area contributed by atoms with Crippen LogP contribution < -0.4 is 10.9 Å². The molecule has 4 rings (SSSR count). The molecule has 2 aromatic heterocycles. The van der Waals surface area contributed by atoms with Crippen LogP contribution >= 0.6 is 0 Å². The molecule has 1 N–H and O–H groups in total. The van der Waals surface area contributed by atoms with E-state index in [0.29, 0.717) is 17.4 Å². The molecular formula is C20H17N5O2. The Morgan fingerprint density at radius 2 is 1.85 bits per heavy atom. The number of nitrogens with zero attached hydrogens (tertiary/aromatic N) is 4. The lowest BCUT2D eigenvalue weighted by Gasteiger charge is -2.09. The molecule has 0 atom stereocenters. The SMILES string of the molecule is O=C(Cn1cnc2ccccc2c1=O)NCc1ccc(-n2cccn2)cc1. The summed E-state index contributed by atoms with van der Waals surface area (Å²) in [5.41, 5.74) is 2.31. The fraction of sp³-hybridized carbons (Fsp3) is 0.100. The molecule has 2 heterocycles. The number of hydrogen-bond acceptors (Lipinski definition) is 4. The largest absolute Gasteiger partial charge is 0.350 e. The number of carbonyl (C=O) groups excluding carboxylic acids is 1. The number of benzene rings is 2. The molecular weight excluding hydrogens is 342 g/mol. The molecule has 4 aromatic rings. The Morgan fingerprint density at radius 3 is 2.63 bits per heavy atom. The van der Waals surface area contributed by atoms with E-state index in [4.69, 9.17) is 0 Å². The van der Waals surface area contributed by atoms with Gasteiger partial charge in [-0.15, -0.1) is 0 Å². The normalized spacial score (nSPS) is 10.8. The van der Waals surface area contributed by atoms with E-state index in [-0.39, 0.29) is 18.0 Å². The first kappa shape index (κ1) is 16.7. The van der Waals surface area contributed by atoms with Crippen LogP contribution in [0.4, 0.5) is 0 Å². The van der Waals surface area contributed by atoms with Crippen molar-refractivity contribution in [2.45, 2.75) is 13.1 Å². The lowest BCUT2D eigenvalue weighted by Crippen LogP contribution is -2.32. The molecule has 0 aliphatic rings. The zero-order valence-corrected chi connectivity index (χ0v) is 14.4. The zero-order chi connectivity index (χ0) is 18.6. The number of aromatic nitrogens is 4. The van der Waals surface area contributed by atoms with Crippen LogP contribution in [0.25, 0.3) is 16.6 Å². The highest BCUT2D eigenvalue weighted by atomic mass is 16.2. The molecule has 27 heavy (non-hydrogen) atoms. The molecule has 0 fully saturated rings.